The van der Waals surface area contributed by atoms with Gasteiger partial charge in [-0.05, 0) is 41.5 Å². The van der Waals surface area contributed by atoms with Gasteiger partial charge in [0, 0.05) is 0 Å². The number of nitrogens with zero attached hydrogens (tertiary/aromatic N) is 1. The summed E-state index contributed by atoms with van der Waals surface area (Å²) in [5.74, 6) is 0.363. The summed E-state index contributed by atoms with van der Waals surface area (Å²) in [5, 5.41) is 6.28. The van der Waals surface area contributed by atoms with E-state index in [0.717, 1.165) is 16.5 Å². The van der Waals surface area contributed by atoms with Crippen LogP contribution in [0.3, 0.4) is 0 Å². The molecule has 0 heterocycles. The molecule has 0 atom stereocenters. The summed E-state index contributed by atoms with van der Waals surface area (Å²) in [5.41, 5.74) is 4.54. The van der Waals surface area contributed by atoms with Crippen LogP contribution in [0.15, 0.2) is 71.8 Å². The quantitative estimate of drug-likeness (QED) is 0.576. The molecule has 3 rings (SSSR count). The van der Waals surface area contributed by atoms with Crippen LogP contribution >= 0.6 is 0 Å². The lowest BCUT2D eigenvalue weighted by Crippen LogP contribution is -2.24. The molecule has 3 aromatic carbocycles. The van der Waals surface area contributed by atoms with Crippen LogP contribution in [-0.2, 0) is 4.79 Å². The highest BCUT2D eigenvalue weighted by atomic mass is 16.5. The van der Waals surface area contributed by atoms with Gasteiger partial charge in [0.2, 0.25) is 0 Å². The molecule has 0 unspecified atom stereocenters. The van der Waals surface area contributed by atoms with E-state index < -0.39 is 0 Å². The second-order valence-electron chi connectivity index (χ2n) is 5.50. The number of aryl methyl sites for hydroxylation is 1. The molecule has 1 amide bonds. The van der Waals surface area contributed by atoms with Gasteiger partial charge in [-0.2, -0.15) is 5.10 Å². The van der Waals surface area contributed by atoms with Gasteiger partial charge in [0.15, 0.2) is 6.61 Å². The molecule has 0 saturated heterocycles. The van der Waals surface area contributed by atoms with Crippen LogP contribution in [0.5, 0.6) is 5.75 Å². The van der Waals surface area contributed by atoms with Crippen molar-refractivity contribution in [2.24, 2.45) is 5.10 Å². The Morgan fingerprint density at radius 3 is 2.58 bits per heavy atom. The third kappa shape index (κ3) is 4.20. The number of carbonyl (C=O) groups excluding carboxylic acids is 1. The molecule has 0 aliphatic rings. The maximum Gasteiger partial charge on any atom is 0.277 e. The van der Waals surface area contributed by atoms with Crippen LogP contribution in [0.4, 0.5) is 0 Å². The zero-order valence-corrected chi connectivity index (χ0v) is 13.4. The Kier molecular flexibility index (Phi) is 4.87. The van der Waals surface area contributed by atoms with Gasteiger partial charge in [-0.3, -0.25) is 4.79 Å². The first kappa shape index (κ1) is 15.7. The van der Waals surface area contributed by atoms with Crippen molar-refractivity contribution in [3.8, 4) is 5.75 Å². The third-order valence-electron chi connectivity index (χ3n) is 3.57. The normalized spacial score (nSPS) is 10.9. The standard InChI is InChI=1S/C20H18N2O2/c1-15-6-10-19(11-7-15)24-14-20(23)22-21-13-16-8-9-17-4-2-3-5-18(17)12-16/h2-13H,14H2,1H3,(H,22,23). The largest absolute Gasteiger partial charge is 0.484 e. The van der Waals surface area contributed by atoms with Crippen molar-refractivity contribution in [1.82, 2.24) is 5.43 Å². The van der Waals surface area contributed by atoms with Gasteiger partial charge in [0.05, 0.1) is 6.21 Å². The van der Waals surface area contributed by atoms with E-state index in [4.69, 9.17) is 4.74 Å². The van der Waals surface area contributed by atoms with Crippen LogP contribution in [0.2, 0.25) is 0 Å². The molecule has 4 heteroatoms. The van der Waals surface area contributed by atoms with E-state index in [1.165, 1.54) is 5.39 Å². The Hall–Kier alpha value is -3.14. The lowest BCUT2D eigenvalue weighted by Gasteiger charge is -2.05. The number of fused-ring (bicyclic) bond motifs is 1. The number of benzene rings is 3. The summed E-state index contributed by atoms with van der Waals surface area (Å²) in [6.45, 7) is 1.93. The van der Waals surface area contributed by atoms with Crippen molar-refractivity contribution >= 4 is 22.9 Å². The average Bonchev–Trinajstić information content (AvgIpc) is 2.61. The summed E-state index contributed by atoms with van der Waals surface area (Å²) >= 11 is 0. The van der Waals surface area contributed by atoms with E-state index in [1.54, 1.807) is 6.21 Å². The van der Waals surface area contributed by atoms with E-state index >= 15 is 0 Å². The fourth-order valence-electron chi connectivity index (χ4n) is 2.28. The number of hydrogen-bond acceptors (Lipinski definition) is 3. The molecule has 0 bridgehead atoms. The number of hydrogen-bond donors (Lipinski definition) is 1. The zero-order chi connectivity index (χ0) is 16.8. The average molecular weight is 318 g/mol. The van der Waals surface area contributed by atoms with Gasteiger partial charge in [-0.25, -0.2) is 5.43 Å². The van der Waals surface area contributed by atoms with Crippen LogP contribution in [0.25, 0.3) is 10.8 Å². The Labute approximate surface area is 140 Å². The summed E-state index contributed by atoms with van der Waals surface area (Å²) in [4.78, 5) is 11.7. The van der Waals surface area contributed by atoms with E-state index in [2.05, 4.69) is 16.6 Å². The first-order valence-corrected chi connectivity index (χ1v) is 7.71. The minimum absolute atomic E-state index is 0.0713. The topological polar surface area (TPSA) is 50.7 Å². The predicted molar refractivity (Wildman–Crippen MR) is 96.4 cm³/mol. The zero-order valence-electron chi connectivity index (χ0n) is 13.4. The molecule has 3 aromatic rings. The molecular weight excluding hydrogens is 300 g/mol. The SMILES string of the molecule is Cc1ccc(OCC(=O)NN=Cc2ccc3ccccc3c2)cc1. The van der Waals surface area contributed by atoms with Crippen LogP contribution in [0.1, 0.15) is 11.1 Å². The summed E-state index contributed by atoms with van der Waals surface area (Å²) in [6.07, 6.45) is 1.62. The van der Waals surface area contributed by atoms with Crippen molar-refractivity contribution in [1.29, 1.82) is 0 Å². The van der Waals surface area contributed by atoms with E-state index in [-0.39, 0.29) is 12.5 Å². The number of nitrogens with one attached hydrogen (secondary N) is 1. The molecule has 4 nitrogen and oxygen atoms in total. The van der Waals surface area contributed by atoms with Gasteiger partial charge in [0.25, 0.3) is 5.91 Å². The first-order valence-electron chi connectivity index (χ1n) is 7.71. The molecular formula is C20H18N2O2. The van der Waals surface area contributed by atoms with Crippen LogP contribution in [-0.4, -0.2) is 18.7 Å². The first-order chi connectivity index (χ1) is 11.7. The van der Waals surface area contributed by atoms with Crippen LogP contribution in [0, 0.1) is 6.92 Å². The molecule has 0 aromatic heterocycles. The lowest BCUT2D eigenvalue weighted by molar-refractivity contribution is -0.123. The Balaban J connectivity index is 1.52. The van der Waals surface area contributed by atoms with Crippen molar-refractivity contribution in [3.05, 3.63) is 77.9 Å². The Morgan fingerprint density at radius 1 is 1.04 bits per heavy atom. The van der Waals surface area contributed by atoms with Gasteiger partial charge >= 0.3 is 0 Å². The number of amides is 1. The highest BCUT2D eigenvalue weighted by molar-refractivity contribution is 5.90. The maximum absolute atomic E-state index is 11.7. The number of hydrazone groups is 1. The Morgan fingerprint density at radius 2 is 1.79 bits per heavy atom. The van der Waals surface area contributed by atoms with E-state index in [9.17, 15) is 4.79 Å². The monoisotopic (exact) mass is 318 g/mol. The minimum Gasteiger partial charge on any atom is -0.484 e. The van der Waals surface area contributed by atoms with Crippen molar-refractivity contribution in [2.75, 3.05) is 6.61 Å². The molecule has 0 aliphatic heterocycles. The minimum atomic E-state index is -0.299. The molecule has 0 radical (unpaired) electrons. The predicted octanol–water partition coefficient (Wildman–Crippen LogP) is 3.68. The molecule has 0 spiro atoms. The lowest BCUT2D eigenvalue weighted by atomic mass is 10.1. The fourth-order valence-corrected chi connectivity index (χ4v) is 2.28. The molecule has 120 valence electrons. The van der Waals surface area contributed by atoms with Crippen molar-refractivity contribution in [3.63, 3.8) is 0 Å². The fraction of sp³-hybridized carbons (Fsp3) is 0.100. The number of ether oxygens (including phenoxy) is 1. The molecule has 0 fully saturated rings. The van der Waals surface area contributed by atoms with Gasteiger partial charge < -0.3 is 4.74 Å². The van der Waals surface area contributed by atoms with Crippen molar-refractivity contribution in [2.45, 2.75) is 6.92 Å². The van der Waals surface area contributed by atoms with Gasteiger partial charge in [-0.15, -0.1) is 0 Å². The third-order valence-corrected chi connectivity index (χ3v) is 3.57. The second-order valence-corrected chi connectivity index (χ2v) is 5.50. The molecule has 24 heavy (non-hydrogen) atoms. The number of carbonyl (C=O) groups is 1. The van der Waals surface area contributed by atoms with Gasteiger partial charge in [0.1, 0.15) is 5.75 Å². The maximum atomic E-state index is 11.7. The summed E-state index contributed by atoms with van der Waals surface area (Å²) < 4.78 is 5.40. The molecule has 1 N–H and O–H groups in total. The summed E-state index contributed by atoms with van der Waals surface area (Å²) in [7, 11) is 0. The van der Waals surface area contributed by atoms with Crippen LogP contribution < -0.4 is 10.2 Å². The molecule has 0 saturated carbocycles. The number of rotatable bonds is 5. The summed E-state index contributed by atoms with van der Waals surface area (Å²) in [6, 6.07) is 21.6. The highest BCUT2D eigenvalue weighted by Gasteiger charge is 2.01. The second kappa shape index (κ2) is 7.42. The molecule has 0 aliphatic carbocycles. The van der Waals surface area contributed by atoms with Gasteiger partial charge in [-0.1, -0.05) is 54.1 Å². The highest BCUT2D eigenvalue weighted by Crippen LogP contribution is 2.14. The van der Waals surface area contributed by atoms with E-state index in [0.29, 0.717) is 5.75 Å². The smallest absolute Gasteiger partial charge is 0.277 e. The van der Waals surface area contributed by atoms with E-state index in [1.807, 2.05) is 67.6 Å². The Bertz CT molecular complexity index is 870. The van der Waals surface area contributed by atoms with Crippen molar-refractivity contribution < 1.29 is 9.53 Å².